The highest BCUT2D eigenvalue weighted by Gasteiger charge is 2.39. The van der Waals surface area contributed by atoms with Crippen molar-refractivity contribution in [3.05, 3.63) is 75.1 Å². The van der Waals surface area contributed by atoms with Gasteiger partial charge in [0.05, 0.1) is 29.0 Å². The highest BCUT2D eigenvalue weighted by atomic mass is 35.5. The highest BCUT2D eigenvalue weighted by molar-refractivity contribution is 6.33. The van der Waals surface area contributed by atoms with Crippen LogP contribution in [0.15, 0.2) is 47.4 Å². The molecule has 11 heteroatoms. The molecule has 33 heavy (non-hydrogen) atoms. The lowest BCUT2D eigenvalue weighted by atomic mass is 10.0. The number of carbonyl (C=O) groups is 1. The summed E-state index contributed by atoms with van der Waals surface area (Å²) in [6.07, 6.45) is 2.42. The molecule has 2 aliphatic rings. The maximum absolute atomic E-state index is 13.6. The van der Waals surface area contributed by atoms with Gasteiger partial charge in [-0.3, -0.25) is 14.2 Å². The number of hydrogen-bond donors (Lipinski definition) is 2. The van der Waals surface area contributed by atoms with E-state index in [4.69, 9.17) is 16.7 Å². The number of benzene rings is 1. The first kappa shape index (κ1) is 19.7. The van der Waals surface area contributed by atoms with Crippen molar-refractivity contribution < 1.29 is 4.79 Å². The van der Waals surface area contributed by atoms with E-state index in [1.165, 1.54) is 4.52 Å². The summed E-state index contributed by atoms with van der Waals surface area (Å²) >= 11 is 6.30. The summed E-state index contributed by atoms with van der Waals surface area (Å²) in [5.41, 5.74) is 1.88. The van der Waals surface area contributed by atoms with E-state index in [1.54, 1.807) is 23.9 Å². The monoisotopic (exact) mass is 462 g/mol. The Bertz CT molecular complexity index is 1480. The number of fused-ring (bicyclic) bond motifs is 2. The van der Waals surface area contributed by atoms with E-state index >= 15 is 0 Å². The summed E-state index contributed by atoms with van der Waals surface area (Å²) in [6.45, 7) is 1.03. The fourth-order valence-corrected chi connectivity index (χ4v) is 4.65. The van der Waals surface area contributed by atoms with Gasteiger partial charge in [0.25, 0.3) is 11.5 Å². The Labute approximate surface area is 192 Å². The summed E-state index contributed by atoms with van der Waals surface area (Å²) in [5.74, 6) is 1.32. The van der Waals surface area contributed by atoms with Crippen LogP contribution in [0.1, 0.15) is 34.3 Å². The smallest absolute Gasteiger partial charge is 0.284 e. The van der Waals surface area contributed by atoms with Gasteiger partial charge in [0.1, 0.15) is 16.9 Å². The lowest BCUT2D eigenvalue weighted by Crippen LogP contribution is -2.46. The van der Waals surface area contributed by atoms with Gasteiger partial charge < -0.3 is 15.5 Å². The first-order chi connectivity index (χ1) is 16.1. The number of hydrogen-bond acceptors (Lipinski definition) is 7. The van der Waals surface area contributed by atoms with Crippen LogP contribution in [0, 0.1) is 0 Å². The van der Waals surface area contributed by atoms with Gasteiger partial charge in [-0.25, -0.2) is 9.50 Å². The second kappa shape index (κ2) is 7.31. The molecule has 6 rings (SSSR count). The van der Waals surface area contributed by atoms with Gasteiger partial charge in [-0.15, -0.1) is 0 Å². The molecule has 5 heterocycles. The Morgan fingerprint density at radius 2 is 1.97 bits per heavy atom. The van der Waals surface area contributed by atoms with Crippen molar-refractivity contribution in [1.82, 2.24) is 29.5 Å². The maximum atomic E-state index is 13.6. The molecule has 0 spiro atoms. The number of anilines is 2. The van der Waals surface area contributed by atoms with Gasteiger partial charge >= 0.3 is 0 Å². The van der Waals surface area contributed by atoms with Crippen LogP contribution in [0.4, 0.5) is 11.8 Å². The fraction of sp³-hybridized carbons (Fsp3) is 0.227. The average Bonchev–Trinajstić information content (AvgIpc) is 3.36. The van der Waals surface area contributed by atoms with Crippen molar-refractivity contribution in [3.63, 3.8) is 0 Å². The molecule has 1 aromatic carbocycles. The predicted molar refractivity (Wildman–Crippen MR) is 123 cm³/mol. The summed E-state index contributed by atoms with van der Waals surface area (Å²) in [6, 6.07) is 10.7. The summed E-state index contributed by atoms with van der Waals surface area (Å²) in [5, 5.41) is 10.9. The minimum atomic E-state index is -0.263. The number of rotatable bonds is 4. The fourth-order valence-electron chi connectivity index (χ4n) is 4.43. The van der Waals surface area contributed by atoms with Gasteiger partial charge in [0, 0.05) is 19.8 Å². The number of halogens is 1. The molecule has 0 bridgehead atoms. The number of amides is 1. The van der Waals surface area contributed by atoms with Crippen LogP contribution in [0.2, 0.25) is 5.02 Å². The quantitative estimate of drug-likeness (QED) is 0.478. The van der Waals surface area contributed by atoms with Gasteiger partial charge in [0.15, 0.2) is 5.82 Å². The first-order valence-electron chi connectivity index (χ1n) is 10.6. The van der Waals surface area contributed by atoms with E-state index in [-0.39, 0.29) is 17.5 Å². The standard InChI is InChI=1S/C22H19ClN8O2/c1-24-22-26-14-11-25-20(32)16(14)19(27-22)29-9-8-15(29)18-28-30-10-7-13(23)17(30)21(33)31(18)12-5-3-2-4-6-12/h2-7,10,15H,8-9,11H2,1H3,(H,25,32)(H,24,26,27)/t15-/m0/s1. The van der Waals surface area contributed by atoms with E-state index in [0.717, 1.165) is 6.42 Å². The van der Waals surface area contributed by atoms with Crippen LogP contribution >= 0.6 is 11.6 Å². The zero-order valence-corrected chi connectivity index (χ0v) is 18.4. The minimum Gasteiger partial charge on any atom is -0.357 e. The Morgan fingerprint density at radius 3 is 2.70 bits per heavy atom. The highest BCUT2D eigenvalue weighted by Crippen LogP contribution is 2.39. The maximum Gasteiger partial charge on any atom is 0.284 e. The minimum absolute atomic E-state index is 0.200. The van der Waals surface area contributed by atoms with Crippen LogP contribution < -0.4 is 21.1 Å². The predicted octanol–water partition coefficient (Wildman–Crippen LogP) is 2.17. The van der Waals surface area contributed by atoms with Crippen LogP contribution in [0.25, 0.3) is 11.2 Å². The van der Waals surface area contributed by atoms with Gasteiger partial charge in [-0.2, -0.15) is 10.1 Å². The van der Waals surface area contributed by atoms with E-state index in [0.29, 0.717) is 58.2 Å². The Kier molecular flexibility index (Phi) is 4.37. The third kappa shape index (κ3) is 2.91. The largest absolute Gasteiger partial charge is 0.357 e. The molecule has 10 nitrogen and oxygen atoms in total. The topological polar surface area (TPSA) is 109 Å². The molecule has 0 aliphatic carbocycles. The van der Waals surface area contributed by atoms with E-state index in [1.807, 2.05) is 35.2 Å². The Hall–Kier alpha value is -3.92. The molecule has 1 saturated heterocycles. The molecule has 0 saturated carbocycles. The summed E-state index contributed by atoms with van der Waals surface area (Å²) < 4.78 is 3.12. The normalized spacial score (nSPS) is 17.1. The van der Waals surface area contributed by atoms with Crippen LogP contribution in [0.5, 0.6) is 0 Å². The molecule has 2 N–H and O–H groups in total. The third-order valence-corrected chi connectivity index (χ3v) is 6.40. The van der Waals surface area contributed by atoms with Crippen molar-refractivity contribution in [2.24, 2.45) is 0 Å². The van der Waals surface area contributed by atoms with Crippen LogP contribution in [0.3, 0.4) is 0 Å². The Balaban J connectivity index is 1.55. The molecule has 0 unspecified atom stereocenters. The van der Waals surface area contributed by atoms with Crippen molar-refractivity contribution in [1.29, 1.82) is 0 Å². The molecule has 166 valence electrons. The van der Waals surface area contributed by atoms with E-state index in [9.17, 15) is 9.59 Å². The number of carbonyl (C=O) groups excluding carboxylic acids is 1. The molecule has 1 atom stereocenters. The van der Waals surface area contributed by atoms with Crippen molar-refractivity contribution in [3.8, 4) is 5.69 Å². The third-order valence-electron chi connectivity index (χ3n) is 6.10. The number of nitrogens with zero attached hydrogens (tertiary/aromatic N) is 6. The zero-order chi connectivity index (χ0) is 22.7. The number of nitrogens with one attached hydrogen (secondary N) is 2. The van der Waals surface area contributed by atoms with Crippen LogP contribution in [-0.4, -0.2) is 43.6 Å². The lowest BCUT2D eigenvalue weighted by Gasteiger charge is -2.42. The summed E-state index contributed by atoms with van der Waals surface area (Å²) in [7, 11) is 1.74. The number of aromatic nitrogens is 5. The van der Waals surface area contributed by atoms with Gasteiger partial charge in [-0.1, -0.05) is 29.8 Å². The molecule has 2 aliphatic heterocycles. The molecule has 4 aromatic rings. The molecule has 1 fully saturated rings. The average molecular weight is 463 g/mol. The lowest BCUT2D eigenvalue weighted by molar-refractivity contribution is 0.0965. The molecule has 3 aromatic heterocycles. The molecular formula is C22H19ClN8O2. The second-order valence-electron chi connectivity index (χ2n) is 7.91. The summed E-state index contributed by atoms with van der Waals surface area (Å²) in [4.78, 5) is 37.2. The van der Waals surface area contributed by atoms with E-state index < -0.39 is 0 Å². The molecule has 0 radical (unpaired) electrons. The Morgan fingerprint density at radius 1 is 1.15 bits per heavy atom. The van der Waals surface area contributed by atoms with E-state index in [2.05, 4.69) is 20.6 Å². The van der Waals surface area contributed by atoms with Gasteiger partial charge in [0.2, 0.25) is 5.95 Å². The van der Waals surface area contributed by atoms with Crippen molar-refractivity contribution >= 4 is 34.8 Å². The van der Waals surface area contributed by atoms with Gasteiger partial charge in [-0.05, 0) is 24.6 Å². The number of para-hydroxylation sites is 1. The second-order valence-corrected chi connectivity index (χ2v) is 8.32. The SMILES string of the molecule is CNc1nc2c(c(N3CC[C@H]3c3nn4ccc(Cl)c4c(=O)n3-c3ccccc3)n1)C(=O)NC2. The first-order valence-corrected chi connectivity index (χ1v) is 10.9. The van der Waals surface area contributed by atoms with Crippen molar-refractivity contribution in [2.45, 2.75) is 19.0 Å². The molecule has 1 amide bonds. The van der Waals surface area contributed by atoms with Crippen LogP contribution in [-0.2, 0) is 6.54 Å². The van der Waals surface area contributed by atoms with Crippen molar-refractivity contribution in [2.75, 3.05) is 23.8 Å². The zero-order valence-electron chi connectivity index (χ0n) is 17.6. The molecular weight excluding hydrogens is 444 g/mol.